The Morgan fingerprint density at radius 2 is 2.06 bits per heavy atom. The first kappa shape index (κ1) is 13.0. The number of hydrogen-bond acceptors (Lipinski definition) is 4. The lowest BCUT2D eigenvalue weighted by atomic mass is 9.88. The van der Waals surface area contributed by atoms with E-state index < -0.39 is 0 Å². The van der Waals surface area contributed by atoms with Gasteiger partial charge in [-0.1, -0.05) is 0 Å². The van der Waals surface area contributed by atoms with Gasteiger partial charge in [-0.15, -0.1) is 0 Å². The lowest BCUT2D eigenvalue weighted by Crippen LogP contribution is -2.52. The first-order chi connectivity index (χ1) is 8.24. The number of Topliss-reactive ketones (excluding diaryl/α,β-unsaturated/α-hetero) is 1. The van der Waals surface area contributed by atoms with Crippen LogP contribution in [0.5, 0.6) is 0 Å². The van der Waals surface area contributed by atoms with Crippen molar-refractivity contribution in [2.24, 2.45) is 0 Å². The standard InChI is InChI=1S/C13H22O4/c1-3-16-13-11(14)8-12(13)17-10-6-4-5-9(7-10)15-2/h9-10,12-13H,3-8H2,1-2H3. The van der Waals surface area contributed by atoms with Gasteiger partial charge >= 0.3 is 0 Å². The SMILES string of the molecule is CCOC1C(=O)CC1OC1CCCC(OC)C1. The Hall–Kier alpha value is -0.450. The number of rotatable bonds is 5. The van der Waals surface area contributed by atoms with Crippen molar-refractivity contribution in [3.8, 4) is 0 Å². The van der Waals surface area contributed by atoms with Gasteiger partial charge in [0.15, 0.2) is 5.78 Å². The first-order valence-corrected chi connectivity index (χ1v) is 6.57. The Balaban J connectivity index is 1.78. The van der Waals surface area contributed by atoms with Crippen molar-refractivity contribution in [1.29, 1.82) is 0 Å². The summed E-state index contributed by atoms with van der Waals surface area (Å²) in [6.45, 7) is 2.48. The Bertz CT molecular complexity index is 266. The van der Waals surface area contributed by atoms with Crippen LogP contribution >= 0.6 is 0 Å². The van der Waals surface area contributed by atoms with E-state index in [4.69, 9.17) is 14.2 Å². The van der Waals surface area contributed by atoms with Gasteiger partial charge in [0.2, 0.25) is 0 Å². The smallest absolute Gasteiger partial charge is 0.166 e. The predicted molar refractivity (Wildman–Crippen MR) is 63.0 cm³/mol. The summed E-state index contributed by atoms with van der Waals surface area (Å²) in [6.07, 6.45) is 5.00. The maximum Gasteiger partial charge on any atom is 0.166 e. The monoisotopic (exact) mass is 242 g/mol. The van der Waals surface area contributed by atoms with Gasteiger partial charge in [0.05, 0.1) is 18.3 Å². The molecule has 0 saturated heterocycles. The minimum Gasteiger partial charge on any atom is -0.381 e. The van der Waals surface area contributed by atoms with Crippen molar-refractivity contribution < 1.29 is 19.0 Å². The van der Waals surface area contributed by atoms with Crippen LogP contribution in [0.25, 0.3) is 0 Å². The average Bonchev–Trinajstić information content (AvgIpc) is 2.36. The zero-order valence-corrected chi connectivity index (χ0v) is 10.7. The number of carbonyl (C=O) groups excluding carboxylic acids is 1. The fraction of sp³-hybridized carbons (Fsp3) is 0.923. The molecule has 2 aliphatic rings. The van der Waals surface area contributed by atoms with Crippen LogP contribution in [0.2, 0.25) is 0 Å². The number of methoxy groups -OCH3 is 1. The Morgan fingerprint density at radius 1 is 1.29 bits per heavy atom. The fourth-order valence-corrected chi connectivity index (χ4v) is 2.65. The molecular formula is C13H22O4. The molecule has 0 aromatic rings. The van der Waals surface area contributed by atoms with Gasteiger partial charge in [0.1, 0.15) is 6.10 Å². The van der Waals surface area contributed by atoms with E-state index in [0.717, 1.165) is 25.7 Å². The van der Waals surface area contributed by atoms with Gasteiger partial charge in [-0.3, -0.25) is 4.79 Å². The third-order valence-electron chi connectivity index (χ3n) is 3.68. The van der Waals surface area contributed by atoms with Crippen LogP contribution in [0.4, 0.5) is 0 Å². The normalized spacial score (nSPS) is 37.9. The number of carbonyl (C=O) groups is 1. The van der Waals surface area contributed by atoms with Crippen molar-refractivity contribution in [2.45, 2.75) is 63.4 Å². The van der Waals surface area contributed by atoms with Gasteiger partial charge in [-0.25, -0.2) is 0 Å². The van der Waals surface area contributed by atoms with Crippen LogP contribution in [0, 0.1) is 0 Å². The molecule has 0 radical (unpaired) electrons. The molecular weight excluding hydrogens is 220 g/mol. The highest BCUT2D eigenvalue weighted by atomic mass is 16.6. The highest BCUT2D eigenvalue weighted by molar-refractivity contribution is 5.90. The molecule has 2 aliphatic carbocycles. The summed E-state index contributed by atoms with van der Waals surface area (Å²) in [6, 6.07) is 0. The van der Waals surface area contributed by atoms with E-state index in [9.17, 15) is 4.79 Å². The molecule has 17 heavy (non-hydrogen) atoms. The summed E-state index contributed by atoms with van der Waals surface area (Å²) < 4.78 is 16.7. The maximum atomic E-state index is 11.4. The van der Waals surface area contributed by atoms with E-state index in [2.05, 4.69) is 0 Å². The second-order valence-corrected chi connectivity index (χ2v) is 4.87. The van der Waals surface area contributed by atoms with Crippen LogP contribution in [-0.4, -0.2) is 43.9 Å². The second-order valence-electron chi connectivity index (χ2n) is 4.87. The van der Waals surface area contributed by atoms with E-state index in [1.54, 1.807) is 7.11 Å². The van der Waals surface area contributed by atoms with Crippen molar-refractivity contribution in [1.82, 2.24) is 0 Å². The molecule has 2 fully saturated rings. The molecule has 0 bridgehead atoms. The first-order valence-electron chi connectivity index (χ1n) is 6.57. The number of hydrogen-bond donors (Lipinski definition) is 0. The molecule has 0 aliphatic heterocycles. The molecule has 4 atom stereocenters. The quantitative estimate of drug-likeness (QED) is 0.736. The third-order valence-corrected chi connectivity index (χ3v) is 3.68. The van der Waals surface area contributed by atoms with Gasteiger partial charge in [-0.05, 0) is 32.6 Å². The lowest BCUT2D eigenvalue weighted by Gasteiger charge is -2.38. The zero-order valence-electron chi connectivity index (χ0n) is 10.7. The Kier molecular flexibility index (Phi) is 4.54. The highest BCUT2D eigenvalue weighted by Gasteiger charge is 2.43. The average molecular weight is 242 g/mol. The number of ketones is 1. The predicted octanol–water partition coefficient (Wildman–Crippen LogP) is 1.71. The molecule has 98 valence electrons. The minimum atomic E-state index is -0.317. The van der Waals surface area contributed by atoms with Crippen molar-refractivity contribution in [2.75, 3.05) is 13.7 Å². The summed E-state index contributed by atoms with van der Waals surface area (Å²) in [5, 5.41) is 0. The van der Waals surface area contributed by atoms with E-state index in [1.807, 2.05) is 6.92 Å². The molecule has 2 saturated carbocycles. The van der Waals surface area contributed by atoms with Gasteiger partial charge in [0.25, 0.3) is 0 Å². The van der Waals surface area contributed by atoms with Crippen molar-refractivity contribution in [3.63, 3.8) is 0 Å². The molecule has 0 aromatic carbocycles. The summed E-state index contributed by atoms with van der Waals surface area (Å²) in [7, 11) is 1.75. The van der Waals surface area contributed by atoms with Crippen molar-refractivity contribution in [3.05, 3.63) is 0 Å². The van der Waals surface area contributed by atoms with Crippen LogP contribution in [0.15, 0.2) is 0 Å². The van der Waals surface area contributed by atoms with Crippen LogP contribution in [0.1, 0.15) is 39.0 Å². The molecule has 4 nitrogen and oxygen atoms in total. The van der Waals surface area contributed by atoms with E-state index in [-0.39, 0.29) is 24.1 Å². The molecule has 0 aromatic heterocycles. The Morgan fingerprint density at radius 3 is 2.71 bits per heavy atom. The second kappa shape index (κ2) is 5.94. The van der Waals surface area contributed by atoms with E-state index in [0.29, 0.717) is 19.1 Å². The van der Waals surface area contributed by atoms with Crippen molar-refractivity contribution >= 4 is 5.78 Å². The zero-order chi connectivity index (χ0) is 12.3. The fourth-order valence-electron chi connectivity index (χ4n) is 2.65. The molecule has 0 amide bonds. The summed E-state index contributed by atoms with van der Waals surface area (Å²) in [5.41, 5.74) is 0. The van der Waals surface area contributed by atoms with Crippen LogP contribution in [-0.2, 0) is 19.0 Å². The highest BCUT2D eigenvalue weighted by Crippen LogP contribution is 2.30. The topological polar surface area (TPSA) is 44.8 Å². The van der Waals surface area contributed by atoms with E-state index >= 15 is 0 Å². The van der Waals surface area contributed by atoms with E-state index in [1.165, 1.54) is 0 Å². The summed E-state index contributed by atoms with van der Waals surface area (Å²) in [4.78, 5) is 11.4. The van der Waals surface area contributed by atoms with Gasteiger partial charge in [0, 0.05) is 20.1 Å². The lowest BCUT2D eigenvalue weighted by molar-refractivity contribution is -0.178. The molecule has 4 heteroatoms. The molecule has 0 spiro atoms. The summed E-state index contributed by atoms with van der Waals surface area (Å²) >= 11 is 0. The van der Waals surface area contributed by atoms with Crippen LogP contribution < -0.4 is 0 Å². The molecule has 0 heterocycles. The summed E-state index contributed by atoms with van der Waals surface area (Å²) in [5.74, 6) is 0.177. The third kappa shape index (κ3) is 3.06. The van der Waals surface area contributed by atoms with Gasteiger partial charge in [-0.2, -0.15) is 0 Å². The largest absolute Gasteiger partial charge is 0.381 e. The molecule has 2 rings (SSSR count). The molecule has 0 N–H and O–H groups in total. The minimum absolute atomic E-state index is 0.0249. The van der Waals surface area contributed by atoms with Crippen LogP contribution in [0.3, 0.4) is 0 Å². The number of ether oxygens (including phenoxy) is 3. The maximum absolute atomic E-state index is 11.4. The van der Waals surface area contributed by atoms with Gasteiger partial charge < -0.3 is 14.2 Å². The molecule has 4 unspecified atom stereocenters. The Labute approximate surface area is 103 Å².